The number of anilines is 2. The number of piperazine rings is 1. The zero-order valence-electron chi connectivity index (χ0n) is 16.6. The Bertz CT molecular complexity index is 809. The molecule has 1 N–H and O–H groups in total. The van der Waals surface area contributed by atoms with E-state index in [1.54, 1.807) is 0 Å². The number of carbonyl (C=O) groups is 1. The summed E-state index contributed by atoms with van der Waals surface area (Å²) in [5.41, 5.74) is 3.41. The van der Waals surface area contributed by atoms with Crippen molar-refractivity contribution in [1.29, 1.82) is 0 Å². The molecule has 1 amide bonds. The zero-order valence-corrected chi connectivity index (χ0v) is 16.6. The number of aryl methyl sites for hydroxylation is 1. The van der Waals surface area contributed by atoms with Crippen LogP contribution in [0.25, 0.3) is 0 Å². The first kappa shape index (κ1) is 18.8. The summed E-state index contributed by atoms with van der Waals surface area (Å²) in [6.45, 7) is 3.92. The summed E-state index contributed by atoms with van der Waals surface area (Å²) in [6, 6.07) is 17.3. The molecule has 1 fully saturated rings. The second-order valence-electron chi connectivity index (χ2n) is 7.77. The van der Waals surface area contributed by atoms with Crippen molar-refractivity contribution in [2.24, 2.45) is 0 Å². The average Bonchev–Trinajstić information content (AvgIpc) is 2.72. The van der Waals surface area contributed by atoms with E-state index < -0.39 is 0 Å². The SMILES string of the molecule is CN1CCN(c2ccccc2)CC1CCCOc1ccc2c(c1)NC(=O)CC2. The Kier molecular flexibility index (Phi) is 5.81. The zero-order chi connectivity index (χ0) is 19.3. The molecule has 2 aromatic rings. The van der Waals surface area contributed by atoms with Crippen LogP contribution in [0.5, 0.6) is 5.75 Å². The number of para-hydroxylation sites is 1. The molecule has 0 aromatic heterocycles. The van der Waals surface area contributed by atoms with Crippen LogP contribution in [-0.2, 0) is 11.2 Å². The quantitative estimate of drug-likeness (QED) is 0.780. The maximum atomic E-state index is 11.6. The number of hydrogen-bond donors (Lipinski definition) is 1. The fourth-order valence-corrected chi connectivity index (χ4v) is 4.08. The van der Waals surface area contributed by atoms with E-state index in [0.29, 0.717) is 19.1 Å². The molecule has 0 spiro atoms. The predicted octanol–water partition coefficient (Wildman–Crippen LogP) is 3.55. The van der Waals surface area contributed by atoms with Crippen molar-refractivity contribution < 1.29 is 9.53 Å². The Morgan fingerprint density at radius 3 is 2.82 bits per heavy atom. The lowest BCUT2D eigenvalue weighted by Crippen LogP contribution is -2.51. The van der Waals surface area contributed by atoms with Gasteiger partial charge in [0.2, 0.25) is 5.91 Å². The number of rotatable bonds is 6. The van der Waals surface area contributed by atoms with Crippen LogP contribution in [0.15, 0.2) is 48.5 Å². The van der Waals surface area contributed by atoms with Crippen LogP contribution < -0.4 is 15.0 Å². The van der Waals surface area contributed by atoms with Gasteiger partial charge in [0.25, 0.3) is 0 Å². The minimum absolute atomic E-state index is 0.0907. The number of carbonyl (C=O) groups excluding carboxylic acids is 1. The second-order valence-corrected chi connectivity index (χ2v) is 7.77. The summed E-state index contributed by atoms with van der Waals surface area (Å²) in [7, 11) is 2.22. The van der Waals surface area contributed by atoms with Crippen molar-refractivity contribution in [2.45, 2.75) is 31.7 Å². The number of benzene rings is 2. The largest absolute Gasteiger partial charge is 0.494 e. The number of ether oxygens (including phenoxy) is 1. The third-order valence-corrected chi connectivity index (χ3v) is 5.83. The predicted molar refractivity (Wildman–Crippen MR) is 113 cm³/mol. The van der Waals surface area contributed by atoms with Gasteiger partial charge >= 0.3 is 0 Å². The van der Waals surface area contributed by atoms with Gasteiger partial charge in [0, 0.05) is 49.5 Å². The summed E-state index contributed by atoms with van der Waals surface area (Å²) in [4.78, 5) is 16.5. The molecule has 0 aliphatic carbocycles. The number of likely N-dealkylation sites (N-methyl/N-ethyl adjacent to an activating group) is 1. The molecule has 2 aliphatic rings. The molecule has 0 bridgehead atoms. The molecule has 0 radical (unpaired) electrons. The van der Waals surface area contributed by atoms with E-state index >= 15 is 0 Å². The normalized spacial score (nSPS) is 19.8. The summed E-state index contributed by atoms with van der Waals surface area (Å²) in [5.74, 6) is 0.928. The van der Waals surface area contributed by atoms with Gasteiger partial charge in [-0.2, -0.15) is 0 Å². The minimum atomic E-state index is 0.0907. The van der Waals surface area contributed by atoms with Gasteiger partial charge in [-0.15, -0.1) is 0 Å². The van der Waals surface area contributed by atoms with Crippen molar-refractivity contribution in [2.75, 3.05) is 43.5 Å². The number of fused-ring (bicyclic) bond motifs is 1. The van der Waals surface area contributed by atoms with Crippen molar-refractivity contribution >= 4 is 17.3 Å². The standard InChI is InChI=1S/C23H29N3O2/c1-25-13-14-26(19-6-3-2-4-7-19)17-20(25)8-5-15-28-21-11-9-18-10-12-23(27)24-22(18)16-21/h2-4,6-7,9,11,16,20H,5,8,10,12-15,17H2,1H3,(H,24,27). The lowest BCUT2D eigenvalue weighted by molar-refractivity contribution is -0.116. The van der Waals surface area contributed by atoms with Gasteiger partial charge in [-0.1, -0.05) is 24.3 Å². The first-order valence-corrected chi connectivity index (χ1v) is 10.2. The van der Waals surface area contributed by atoms with Crippen LogP contribution in [0.3, 0.4) is 0 Å². The Hall–Kier alpha value is -2.53. The van der Waals surface area contributed by atoms with Gasteiger partial charge in [-0.05, 0) is 50.1 Å². The van der Waals surface area contributed by atoms with Gasteiger partial charge in [-0.25, -0.2) is 0 Å². The van der Waals surface area contributed by atoms with Crippen LogP contribution in [0, 0.1) is 0 Å². The smallest absolute Gasteiger partial charge is 0.224 e. The Morgan fingerprint density at radius 2 is 1.96 bits per heavy atom. The van der Waals surface area contributed by atoms with E-state index in [1.807, 2.05) is 12.1 Å². The van der Waals surface area contributed by atoms with E-state index in [9.17, 15) is 4.79 Å². The third-order valence-electron chi connectivity index (χ3n) is 5.83. The van der Waals surface area contributed by atoms with E-state index in [0.717, 1.165) is 50.3 Å². The van der Waals surface area contributed by atoms with Crippen LogP contribution in [0.4, 0.5) is 11.4 Å². The molecule has 2 aromatic carbocycles. The highest BCUT2D eigenvalue weighted by molar-refractivity contribution is 5.94. The molecule has 5 heteroatoms. The van der Waals surface area contributed by atoms with E-state index in [1.165, 1.54) is 11.3 Å². The summed E-state index contributed by atoms with van der Waals surface area (Å²) < 4.78 is 5.96. The van der Waals surface area contributed by atoms with Crippen molar-refractivity contribution in [3.05, 3.63) is 54.1 Å². The van der Waals surface area contributed by atoms with Gasteiger partial charge in [0.1, 0.15) is 5.75 Å². The lowest BCUT2D eigenvalue weighted by Gasteiger charge is -2.40. The summed E-state index contributed by atoms with van der Waals surface area (Å²) >= 11 is 0. The topological polar surface area (TPSA) is 44.8 Å². The molecule has 4 rings (SSSR count). The van der Waals surface area contributed by atoms with Gasteiger partial charge < -0.3 is 15.0 Å². The number of hydrogen-bond acceptors (Lipinski definition) is 4. The number of amides is 1. The maximum Gasteiger partial charge on any atom is 0.224 e. The average molecular weight is 380 g/mol. The molecule has 28 heavy (non-hydrogen) atoms. The van der Waals surface area contributed by atoms with E-state index in [4.69, 9.17) is 4.74 Å². The Morgan fingerprint density at radius 1 is 1.11 bits per heavy atom. The van der Waals surface area contributed by atoms with Gasteiger partial charge in [0.05, 0.1) is 6.61 Å². The first-order chi connectivity index (χ1) is 13.7. The van der Waals surface area contributed by atoms with Crippen molar-refractivity contribution in [3.8, 4) is 5.75 Å². The number of nitrogens with one attached hydrogen (secondary N) is 1. The fraction of sp³-hybridized carbons (Fsp3) is 0.435. The highest BCUT2D eigenvalue weighted by Crippen LogP contribution is 2.27. The fourth-order valence-electron chi connectivity index (χ4n) is 4.08. The first-order valence-electron chi connectivity index (χ1n) is 10.2. The molecule has 1 atom stereocenters. The molecule has 0 saturated carbocycles. The third kappa shape index (κ3) is 4.47. The van der Waals surface area contributed by atoms with E-state index in [2.05, 4.69) is 58.6 Å². The van der Waals surface area contributed by atoms with Crippen LogP contribution in [-0.4, -0.2) is 50.1 Å². The Labute approximate surface area is 167 Å². The molecule has 2 aliphatic heterocycles. The molecule has 5 nitrogen and oxygen atoms in total. The maximum absolute atomic E-state index is 11.6. The molecule has 1 unspecified atom stereocenters. The molecule has 1 saturated heterocycles. The van der Waals surface area contributed by atoms with Crippen molar-refractivity contribution in [1.82, 2.24) is 4.90 Å². The van der Waals surface area contributed by atoms with Crippen molar-refractivity contribution in [3.63, 3.8) is 0 Å². The molecule has 148 valence electrons. The second kappa shape index (κ2) is 8.65. The lowest BCUT2D eigenvalue weighted by atomic mass is 10.0. The highest BCUT2D eigenvalue weighted by atomic mass is 16.5. The van der Waals surface area contributed by atoms with Crippen LogP contribution in [0.1, 0.15) is 24.8 Å². The summed E-state index contributed by atoms with van der Waals surface area (Å²) in [6.07, 6.45) is 3.51. The molecular formula is C23H29N3O2. The molecular weight excluding hydrogens is 350 g/mol. The van der Waals surface area contributed by atoms with Crippen LogP contribution in [0.2, 0.25) is 0 Å². The molecule has 2 heterocycles. The van der Waals surface area contributed by atoms with Crippen LogP contribution >= 0.6 is 0 Å². The highest BCUT2D eigenvalue weighted by Gasteiger charge is 2.24. The minimum Gasteiger partial charge on any atom is -0.494 e. The Balaban J connectivity index is 1.26. The van der Waals surface area contributed by atoms with Gasteiger partial charge in [-0.3, -0.25) is 9.69 Å². The van der Waals surface area contributed by atoms with Gasteiger partial charge in [0.15, 0.2) is 0 Å². The summed E-state index contributed by atoms with van der Waals surface area (Å²) in [5, 5.41) is 2.94. The van der Waals surface area contributed by atoms with E-state index in [-0.39, 0.29) is 5.91 Å². The monoisotopic (exact) mass is 379 g/mol. The number of nitrogens with zero attached hydrogens (tertiary/aromatic N) is 2.